The van der Waals surface area contributed by atoms with Crippen molar-refractivity contribution < 1.29 is 24.9 Å². The van der Waals surface area contributed by atoms with Gasteiger partial charge in [-0.3, -0.25) is 25.0 Å². The van der Waals surface area contributed by atoms with Crippen LogP contribution in [0.2, 0.25) is 0 Å². The third-order valence-corrected chi connectivity index (χ3v) is 2.30. The second kappa shape index (κ2) is 6.40. The van der Waals surface area contributed by atoms with Crippen LogP contribution in [0.15, 0.2) is 12.1 Å². The Morgan fingerprint density at radius 2 is 1.65 bits per heavy atom. The largest absolute Gasteiger partial charge is 0.497 e. The number of carboxylic acids is 1. The molecule has 0 aromatic heterocycles. The minimum absolute atomic E-state index is 0. The molecule has 7 N–H and O–H groups in total. The fourth-order valence-electron chi connectivity index (χ4n) is 1.40. The average Bonchev–Trinajstić information content (AvgIpc) is 2.30. The van der Waals surface area contributed by atoms with Gasteiger partial charge in [0.05, 0.1) is 9.85 Å². The van der Waals surface area contributed by atoms with Crippen molar-refractivity contribution in [1.29, 1.82) is 0 Å². The van der Waals surface area contributed by atoms with Gasteiger partial charge in [-0.25, -0.2) is 0 Å². The number of aliphatic carboxylic acids is 1. The molecule has 11 nitrogen and oxygen atoms in total. The molecule has 0 radical (unpaired) electrons. The molecule has 0 aliphatic carbocycles. The summed E-state index contributed by atoms with van der Waals surface area (Å²) in [5.41, 5.74) is 3.47. The third-order valence-electron chi connectivity index (χ3n) is 2.30. The van der Waals surface area contributed by atoms with E-state index in [9.17, 15) is 30.1 Å². The van der Waals surface area contributed by atoms with Crippen molar-refractivity contribution in [3.63, 3.8) is 0 Å². The Labute approximate surface area is 111 Å². The number of nitrogens with two attached hydrogens (primary N) is 1. The molecule has 0 unspecified atom stereocenters. The Hall–Kier alpha value is -2.79. The van der Waals surface area contributed by atoms with Crippen LogP contribution in [-0.4, -0.2) is 32.1 Å². The molecule has 1 aromatic rings. The van der Waals surface area contributed by atoms with E-state index in [1.165, 1.54) is 0 Å². The molecule has 0 saturated heterocycles. The molecule has 0 aliphatic heterocycles. The maximum Gasteiger partial charge on any atom is 0.320 e. The molecule has 11 heteroatoms. The predicted molar refractivity (Wildman–Crippen MR) is 65.8 cm³/mol. The number of benzene rings is 1. The van der Waals surface area contributed by atoms with E-state index in [-0.39, 0.29) is 18.1 Å². The zero-order valence-electron chi connectivity index (χ0n) is 10.1. The van der Waals surface area contributed by atoms with Gasteiger partial charge in [0.15, 0.2) is 0 Å². The topological polar surface area (TPSA) is 205 Å². The summed E-state index contributed by atoms with van der Waals surface area (Å²) in [4.78, 5) is 29.9. The second-order valence-electron chi connectivity index (χ2n) is 3.65. The maximum atomic E-state index is 10.6. The first kappa shape index (κ1) is 17.2. The standard InChI is InChI=1S/C9H9N3O7.H3N/c10-5(9(14)15)1-4-2-6(11(16)17)8(13)7(3-4)12(18)19;/h2-3,5,13H,1,10H2,(H,14,15);1H3/t5-;/m0./s1. The number of hydrogen-bond acceptors (Lipinski definition) is 8. The molecule has 0 spiro atoms. The lowest BCUT2D eigenvalue weighted by Gasteiger charge is -2.07. The fraction of sp³-hybridized carbons (Fsp3) is 0.222. The molecule has 1 aromatic carbocycles. The van der Waals surface area contributed by atoms with Crippen LogP contribution in [0.5, 0.6) is 5.75 Å². The highest BCUT2D eigenvalue weighted by molar-refractivity contribution is 5.74. The highest BCUT2D eigenvalue weighted by atomic mass is 16.6. The first-order chi connectivity index (χ1) is 8.73. The lowest BCUT2D eigenvalue weighted by atomic mass is 10.0. The quantitative estimate of drug-likeness (QED) is 0.434. The van der Waals surface area contributed by atoms with E-state index in [1.807, 2.05) is 0 Å². The molecular weight excluding hydrogens is 276 g/mol. The maximum absolute atomic E-state index is 10.6. The van der Waals surface area contributed by atoms with Crippen molar-refractivity contribution in [2.75, 3.05) is 0 Å². The van der Waals surface area contributed by atoms with E-state index >= 15 is 0 Å². The van der Waals surface area contributed by atoms with Gasteiger partial charge in [0.25, 0.3) is 5.75 Å². The highest BCUT2D eigenvalue weighted by Crippen LogP contribution is 2.36. The van der Waals surface area contributed by atoms with Crippen molar-refractivity contribution in [2.24, 2.45) is 5.73 Å². The van der Waals surface area contributed by atoms with Gasteiger partial charge in [-0.15, -0.1) is 0 Å². The number of phenols is 1. The lowest BCUT2D eigenvalue weighted by Crippen LogP contribution is -2.32. The van der Waals surface area contributed by atoms with Crippen LogP contribution >= 0.6 is 0 Å². The number of carbonyl (C=O) groups is 1. The summed E-state index contributed by atoms with van der Waals surface area (Å²) in [5, 5.41) is 39.3. The molecule has 0 bridgehead atoms. The minimum Gasteiger partial charge on any atom is -0.497 e. The molecule has 1 atom stereocenters. The van der Waals surface area contributed by atoms with Gasteiger partial charge >= 0.3 is 17.3 Å². The number of rotatable bonds is 5. The van der Waals surface area contributed by atoms with E-state index in [2.05, 4.69) is 0 Å². The summed E-state index contributed by atoms with van der Waals surface area (Å²) in [6, 6.07) is 0.347. The van der Waals surface area contributed by atoms with Crippen LogP contribution in [0.4, 0.5) is 11.4 Å². The van der Waals surface area contributed by atoms with E-state index in [0.29, 0.717) is 0 Å². The smallest absolute Gasteiger partial charge is 0.320 e. The summed E-state index contributed by atoms with van der Waals surface area (Å²) < 4.78 is 0. The Balaban J connectivity index is 0.00000361. The van der Waals surface area contributed by atoms with Gasteiger partial charge < -0.3 is 22.1 Å². The monoisotopic (exact) mass is 288 g/mol. The summed E-state index contributed by atoms with van der Waals surface area (Å²) in [5.74, 6) is -2.43. The van der Waals surface area contributed by atoms with Gasteiger partial charge in [-0.05, 0) is 12.0 Å². The number of nitro groups is 2. The van der Waals surface area contributed by atoms with Crippen LogP contribution < -0.4 is 11.9 Å². The Kier molecular flexibility index (Phi) is 5.51. The zero-order valence-corrected chi connectivity index (χ0v) is 10.1. The van der Waals surface area contributed by atoms with Crippen LogP contribution in [-0.2, 0) is 11.2 Å². The normalized spacial score (nSPS) is 11.2. The molecule has 110 valence electrons. The number of nitrogens with zero attached hydrogens (tertiary/aromatic N) is 2. The van der Waals surface area contributed by atoms with Gasteiger partial charge in [-0.2, -0.15) is 0 Å². The summed E-state index contributed by atoms with van der Waals surface area (Å²) >= 11 is 0. The summed E-state index contributed by atoms with van der Waals surface area (Å²) in [6.07, 6.45) is -0.336. The van der Waals surface area contributed by atoms with E-state index < -0.39 is 39.0 Å². The highest BCUT2D eigenvalue weighted by Gasteiger charge is 2.27. The van der Waals surface area contributed by atoms with E-state index in [1.54, 1.807) is 0 Å². The van der Waals surface area contributed by atoms with Gasteiger partial charge in [-0.1, -0.05) is 0 Å². The summed E-state index contributed by atoms with van der Waals surface area (Å²) in [7, 11) is 0. The van der Waals surface area contributed by atoms with Crippen molar-refractivity contribution in [2.45, 2.75) is 12.5 Å². The van der Waals surface area contributed by atoms with Crippen molar-refractivity contribution in [1.82, 2.24) is 6.15 Å². The van der Waals surface area contributed by atoms with Crippen molar-refractivity contribution in [3.8, 4) is 5.75 Å². The van der Waals surface area contributed by atoms with Crippen LogP contribution in [0.3, 0.4) is 0 Å². The Bertz CT molecular complexity index is 524. The Morgan fingerprint density at radius 3 is 1.95 bits per heavy atom. The summed E-state index contributed by atoms with van der Waals surface area (Å²) in [6.45, 7) is 0. The SMILES string of the molecule is N.N[C@@H](Cc1cc([N+](=O)[O-])c(O)c([N+](=O)[O-])c1)C(=O)O. The van der Waals surface area contributed by atoms with Crippen LogP contribution in [0, 0.1) is 20.2 Å². The van der Waals surface area contributed by atoms with Crippen molar-refractivity contribution in [3.05, 3.63) is 37.9 Å². The minimum atomic E-state index is -1.36. The van der Waals surface area contributed by atoms with E-state index in [4.69, 9.17) is 10.8 Å². The van der Waals surface area contributed by atoms with Gasteiger partial charge in [0.1, 0.15) is 6.04 Å². The molecular formula is C9H12N4O7. The molecule has 0 fully saturated rings. The number of carboxylic acid groups (broad SMARTS) is 1. The number of hydrogen-bond donors (Lipinski definition) is 4. The first-order valence-corrected chi connectivity index (χ1v) is 4.87. The van der Waals surface area contributed by atoms with Gasteiger partial charge in [0.2, 0.25) is 0 Å². The second-order valence-corrected chi connectivity index (χ2v) is 3.65. The molecule has 0 heterocycles. The number of phenolic OH excluding ortho intramolecular Hbond substituents is 1. The zero-order chi connectivity index (χ0) is 14.7. The average molecular weight is 288 g/mol. The predicted octanol–water partition coefficient (Wildman–Crippen LogP) is 0.325. The molecule has 1 rings (SSSR count). The number of aromatic hydroxyl groups is 1. The first-order valence-electron chi connectivity index (χ1n) is 4.87. The van der Waals surface area contributed by atoms with Crippen molar-refractivity contribution >= 4 is 17.3 Å². The van der Waals surface area contributed by atoms with Crippen LogP contribution in [0.1, 0.15) is 5.56 Å². The fourth-order valence-corrected chi connectivity index (χ4v) is 1.40. The number of nitro benzene ring substituents is 2. The Morgan fingerprint density at radius 1 is 1.25 bits per heavy atom. The molecule has 20 heavy (non-hydrogen) atoms. The van der Waals surface area contributed by atoms with E-state index in [0.717, 1.165) is 12.1 Å². The van der Waals surface area contributed by atoms with Gasteiger partial charge in [0, 0.05) is 12.1 Å². The molecule has 0 amide bonds. The van der Waals surface area contributed by atoms with Crippen LogP contribution in [0.25, 0.3) is 0 Å². The molecule has 0 saturated carbocycles. The lowest BCUT2D eigenvalue weighted by molar-refractivity contribution is -0.396. The third kappa shape index (κ3) is 3.60. The molecule has 0 aliphatic rings.